The number of hydrogen-bond acceptors (Lipinski definition) is 3. The Morgan fingerprint density at radius 1 is 1.29 bits per heavy atom. The van der Waals surface area contributed by atoms with Gasteiger partial charge in [-0.05, 0) is 12.5 Å². The van der Waals surface area contributed by atoms with Crippen LogP contribution in [0.25, 0.3) is 0 Å². The summed E-state index contributed by atoms with van der Waals surface area (Å²) in [4.78, 5) is 0. The first kappa shape index (κ1) is 14.1. The number of benzene rings is 1. The average Bonchev–Trinajstić information content (AvgIpc) is 2.29. The van der Waals surface area contributed by atoms with Gasteiger partial charge in [0.2, 0.25) is 0 Å². The minimum atomic E-state index is -3.53. The quantitative estimate of drug-likeness (QED) is 0.685. The third kappa shape index (κ3) is 3.78. The smallest absolute Gasteiger partial charge is 0.277 e. The molecule has 0 saturated heterocycles. The molecule has 0 bridgehead atoms. The molecule has 17 heavy (non-hydrogen) atoms. The second-order valence-electron chi connectivity index (χ2n) is 4.01. The van der Waals surface area contributed by atoms with Gasteiger partial charge in [-0.3, -0.25) is 0 Å². The van der Waals surface area contributed by atoms with Crippen LogP contribution in [-0.4, -0.2) is 21.5 Å². The van der Waals surface area contributed by atoms with Gasteiger partial charge in [-0.25, -0.2) is 4.72 Å². The fraction of sp³-hybridized carbons (Fsp3) is 0.455. The first-order chi connectivity index (χ1) is 7.93. The zero-order valence-electron chi connectivity index (χ0n) is 10.1. The Balaban J connectivity index is 2.98. The molecule has 1 atom stereocenters. The third-order valence-corrected chi connectivity index (χ3v) is 3.90. The van der Waals surface area contributed by atoms with Crippen molar-refractivity contribution >= 4 is 10.2 Å². The maximum absolute atomic E-state index is 11.7. The summed E-state index contributed by atoms with van der Waals surface area (Å²) in [6.07, 6.45) is 0. The van der Waals surface area contributed by atoms with E-state index in [1.54, 1.807) is 13.8 Å². The highest BCUT2D eigenvalue weighted by molar-refractivity contribution is 7.87. The van der Waals surface area contributed by atoms with Crippen molar-refractivity contribution in [2.24, 2.45) is 5.73 Å². The van der Waals surface area contributed by atoms with Crippen molar-refractivity contribution in [2.45, 2.75) is 19.4 Å². The van der Waals surface area contributed by atoms with E-state index in [2.05, 4.69) is 9.44 Å². The van der Waals surface area contributed by atoms with Gasteiger partial charge in [0.05, 0.1) is 5.54 Å². The summed E-state index contributed by atoms with van der Waals surface area (Å²) in [6.45, 7) is 4.01. The fourth-order valence-electron chi connectivity index (χ4n) is 1.55. The van der Waals surface area contributed by atoms with E-state index in [1.807, 2.05) is 30.3 Å². The lowest BCUT2D eigenvalue weighted by Gasteiger charge is -2.29. The Morgan fingerprint density at radius 2 is 1.88 bits per heavy atom. The maximum Gasteiger partial charge on any atom is 0.277 e. The molecule has 5 nitrogen and oxygen atoms in total. The van der Waals surface area contributed by atoms with Gasteiger partial charge in [0.25, 0.3) is 10.2 Å². The summed E-state index contributed by atoms with van der Waals surface area (Å²) >= 11 is 0. The molecule has 1 rings (SSSR count). The van der Waals surface area contributed by atoms with Crippen molar-refractivity contribution in [3.05, 3.63) is 35.9 Å². The first-order valence-electron chi connectivity index (χ1n) is 5.47. The standard InChI is InChI=1S/C11H19N3O2S/c1-3-13-17(15,16)14-11(2,9-12)10-7-5-4-6-8-10/h4-8,13-14H,3,9,12H2,1-2H3. The van der Waals surface area contributed by atoms with Gasteiger partial charge in [0.15, 0.2) is 0 Å². The summed E-state index contributed by atoms with van der Waals surface area (Å²) in [5.74, 6) is 0. The van der Waals surface area contributed by atoms with Crippen LogP contribution in [0.3, 0.4) is 0 Å². The van der Waals surface area contributed by atoms with Gasteiger partial charge in [0.1, 0.15) is 0 Å². The van der Waals surface area contributed by atoms with Crippen molar-refractivity contribution in [1.82, 2.24) is 9.44 Å². The lowest BCUT2D eigenvalue weighted by molar-refractivity contribution is 0.437. The largest absolute Gasteiger partial charge is 0.328 e. The highest BCUT2D eigenvalue weighted by Gasteiger charge is 2.29. The van der Waals surface area contributed by atoms with Crippen molar-refractivity contribution < 1.29 is 8.42 Å². The third-order valence-electron chi connectivity index (χ3n) is 2.51. The second kappa shape index (κ2) is 5.59. The molecular weight excluding hydrogens is 238 g/mol. The highest BCUT2D eigenvalue weighted by Crippen LogP contribution is 2.19. The summed E-state index contributed by atoms with van der Waals surface area (Å²) in [6, 6.07) is 9.28. The Hall–Kier alpha value is -0.950. The molecule has 0 aliphatic heterocycles. The van der Waals surface area contributed by atoms with E-state index in [4.69, 9.17) is 5.73 Å². The molecule has 0 spiro atoms. The number of rotatable bonds is 6. The number of nitrogens with one attached hydrogen (secondary N) is 2. The predicted octanol–water partition coefficient (Wildman–Crippen LogP) is 0.304. The second-order valence-corrected chi connectivity index (χ2v) is 5.51. The van der Waals surface area contributed by atoms with E-state index in [-0.39, 0.29) is 6.54 Å². The van der Waals surface area contributed by atoms with Gasteiger partial charge < -0.3 is 5.73 Å². The fourth-order valence-corrected chi connectivity index (χ4v) is 2.79. The van der Waals surface area contributed by atoms with Crippen molar-refractivity contribution in [3.63, 3.8) is 0 Å². The zero-order chi connectivity index (χ0) is 12.9. The molecule has 0 amide bonds. The molecule has 4 N–H and O–H groups in total. The molecule has 0 radical (unpaired) electrons. The Morgan fingerprint density at radius 3 is 2.35 bits per heavy atom. The SMILES string of the molecule is CCNS(=O)(=O)NC(C)(CN)c1ccccc1. The number of hydrogen-bond donors (Lipinski definition) is 3. The van der Waals surface area contributed by atoms with Gasteiger partial charge in [-0.15, -0.1) is 0 Å². The molecular formula is C11H19N3O2S. The molecule has 1 unspecified atom stereocenters. The van der Waals surface area contributed by atoms with Crippen LogP contribution >= 0.6 is 0 Å². The van der Waals surface area contributed by atoms with E-state index < -0.39 is 15.7 Å². The molecule has 0 fully saturated rings. The molecule has 6 heteroatoms. The minimum Gasteiger partial charge on any atom is -0.328 e. The van der Waals surface area contributed by atoms with Crippen LogP contribution in [0.1, 0.15) is 19.4 Å². The Labute approximate surface area is 103 Å². The molecule has 1 aromatic rings. The van der Waals surface area contributed by atoms with E-state index >= 15 is 0 Å². The van der Waals surface area contributed by atoms with Crippen LogP contribution in [0, 0.1) is 0 Å². The molecule has 0 aromatic heterocycles. The normalized spacial score (nSPS) is 15.5. The van der Waals surface area contributed by atoms with Gasteiger partial charge in [-0.1, -0.05) is 37.3 Å². The summed E-state index contributed by atoms with van der Waals surface area (Å²) in [7, 11) is -3.53. The van der Waals surface area contributed by atoms with E-state index in [1.165, 1.54) is 0 Å². The molecule has 0 aliphatic carbocycles. The molecule has 0 aliphatic rings. The van der Waals surface area contributed by atoms with Crippen LogP contribution in [0.15, 0.2) is 30.3 Å². The Bertz CT molecular complexity index is 447. The van der Waals surface area contributed by atoms with Gasteiger partial charge in [-0.2, -0.15) is 13.1 Å². The lowest BCUT2D eigenvalue weighted by Crippen LogP contribution is -2.52. The van der Waals surface area contributed by atoms with Crippen molar-refractivity contribution in [1.29, 1.82) is 0 Å². The van der Waals surface area contributed by atoms with Crippen LogP contribution in [0.2, 0.25) is 0 Å². The van der Waals surface area contributed by atoms with Crippen LogP contribution in [0.4, 0.5) is 0 Å². The van der Waals surface area contributed by atoms with E-state index in [0.717, 1.165) is 5.56 Å². The minimum absolute atomic E-state index is 0.182. The monoisotopic (exact) mass is 257 g/mol. The lowest BCUT2D eigenvalue weighted by atomic mass is 9.94. The topological polar surface area (TPSA) is 84.2 Å². The van der Waals surface area contributed by atoms with Crippen LogP contribution in [0.5, 0.6) is 0 Å². The van der Waals surface area contributed by atoms with Gasteiger partial charge >= 0.3 is 0 Å². The molecule has 0 saturated carbocycles. The van der Waals surface area contributed by atoms with E-state index in [9.17, 15) is 8.42 Å². The van der Waals surface area contributed by atoms with Crippen molar-refractivity contribution in [3.8, 4) is 0 Å². The van der Waals surface area contributed by atoms with E-state index in [0.29, 0.717) is 6.54 Å². The first-order valence-corrected chi connectivity index (χ1v) is 6.96. The summed E-state index contributed by atoms with van der Waals surface area (Å²) in [5, 5.41) is 0. The van der Waals surface area contributed by atoms with Crippen molar-refractivity contribution in [2.75, 3.05) is 13.1 Å². The van der Waals surface area contributed by atoms with Gasteiger partial charge in [0, 0.05) is 13.1 Å². The zero-order valence-corrected chi connectivity index (χ0v) is 10.9. The summed E-state index contributed by atoms with van der Waals surface area (Å²) < 4.78 is 28.4. The Kier molecular flexibility index (Phi) is 4.64. The number of nitrogens with two attached hydrogens (primary N) is 1. The highest BCUT2D eigenvalue weighted by atomic mass is 32.2. The van der Waals surface area contributed by atoms with Crippen LogP contribution < -0.4 is 15.2 Å². The average molecular weight is 257 g/mol. The maximum atomic E-state index is 11.7. The molecule has 96 valence electrons. The molecule has 1 aromatic carbocycles. The van der Waals surface area contributed by atoms with Crippen LogP contribution in [-0.2, 0) is 15.7 Å². The summed E-state index contributed by atoms with van der Waals surface area (Å²) in [5.41, 5.74) is 5.72. The molecule has 0 heterocycles. The predicted molar refractivity (Wildman–Crippen MR) is 68.6 cm³/mol.